The summed E-state index contributed by atoms with van der Waals surface area (Å²) in [6.45, 7) is -1.53. The van der Waals surface area contributed by atoms with Gasteiger partial charge in [0.2, 0.25) is 7.28 Å². The van der Waals surface area contributed by atoms with Gasteiger partial charge in [-0.2, -0.15) is 19.0 Å². The van der Waals surface area contributed by atoms with Gasteiger partial charge in [0.15, 0.2) is 0 Å². The molecule has 1 heterocycles. The van der Waals surface area contributed by atoms with E-state index in [-0.39, 0.29) is 7.28 Å². The number of nitrogens with one attached hydrogen (secondary N) is 1. The van der Waals surface area contributed by atoms with Crippen LogP contribution in [0.3, 0.4) is 0 Å². The molecule has 0 aliphatic carbocycles. The summed E-state index contributed by atoms with van der Waals surface area (Å²) in [5.74, 6) is 2.50. The summed E-state index contributed by atoms with van der Waals surface area (Å²) in [6.07, 6.45) is -8.80. The van der Waals surface area contributed by atoms with Crippen molar-refractivity contribution < 1.29 is 36.9 Å². The van der Waals surface area contributed by atoms with E-state index in [1.54, 1.807) is 0 Å². The number of aliphatic hydroxyl groups excluding tert-OH is 1. The van der Waals surface area contributed by atoms with Crippen LogP contribution in [0.5, 0.6) is 0 Å². The molecule has 1 rings (SSSR count). The summed E-state index contributed by atoms with van der Waals surface area (Å²) in [5, 5.41) is 13.7. The fourth-order valence-electron chi connectivity index (χ4n) is 1.91. The molecule has 1 amide bonds. The van der Waals surface area contributed by atoms with Crippen LogP contribution < -0.4 is 5.32 Å². The molecule has 0 spiro atoms. The largest absolute Gasteiger partial charge is 0.471 e. The van der Waals surface area contributed by atoms with Crippen molar-refractivity contribution in [2.45, 2.75) is 30.6 Å². The highest BCUT2D eigenvalue weighted by atomic mass is 19.4. The second-order valence-corrected chi connectivity index (χ2v) is 4.57. The summed E-state index contributed by atoms with van der Waals surface area (Å²) in [5.41, 5.74) is 8.12. The van der Waals surface area contributed by atoms with Crippen LogP contribution in [0.15, 0.2) is 5.11 Å². The fourth-order valence-corrected chi connectivity index (χ4v) is 1.91. The molecule has 1 aliphatic rings. The van der Waals surface area contributed by atoms with Crippen LogP contribution in [0, 0.1) is 11.7 Å². The molecule has 0 aromatic carbocycles. The molecule has 0 saturated carbocycles. The molecule has 0 radical (unpaired) electrons. The molecular weight excluding hydrogens is 339 g/mol. The van der Waals surface area contributed by atoms with Crippen LogP contribution in [-0.4, -0.2) is 68.7 Å². The Labute approximate surface area is 134 Å². The average molecular weight is 352 g/mol. The zero-order chi connectivity index (χ0) is 18.2. The molecule has 1 fully saturated rings. The molecule has 8 nitrogen and oxygen atoms in total. The van der Waals surface area contributed by atoms with Crippen molar-refractivity contribution in [3.05, 3.63) is 10.4 Å². The van der Waals surface area contributed by atoms with Crippen molar-refractivity contribution in [1.82, 2.24) is 5.32 Å². The first-order chi connectivity index (χ1) is 11.3. The standard InChI is InChI=1S/C11H13BF4N4O4/c13-7-8(23-5-19-20-17)6(4-21)24-9(7)12-2-1-3-18-10(22)11(14,15)16/h6-9,12,21H,3-5H2,(H,18,22)/t6-,7+,8?,9-/m1/s1. The highest BCUT2D eigenvalue weighted by Gasteiger charge is 2.45. The van der Waals surface area contributed by atoms with Crippen LogP contribution in [0.25, 0.3) is 10.4 Å². The average Bonchev–Trinajstić information content (AvgIpc) is 2.82. The van der Waals surface area contributed by atoms with E-state index in [2.05, 4.69) is 21.8 Å². The van der Waals surface area contributed by atoms with Crippen LogP contribution in [0.4, 0.5) is 17.6 Å². The topological polar surface area (TPSA) is 117 Å². The minimum Gasteiger partial charge on any atom is -0.394 e. The maximum Gasteiger partial charge on any atom is 0.471 e. The number of aliphatic hydroxyl groups is 1. The molecule has 132 valence electrons. The smallest absolute Gasteiger partial charge is 0.394 e. The van der Waals surface area contributed by atoms with E-state index in [1.165, 1.54) is 5.32 Å². The van der Waals surface area contributed by atoms with Crippen molar-refractivity contribution in [3.63, 3.8) is 0 Å². The van der Waals surface area contributed by atoms with Crippen LogP contribution >= 0.6 is 0 Å². The Hall–Kier alpha value is -2.00. The number of ether oxygens (including phenoxy) is 2. The van der Waals surface area contributed by atoms with Gasteiger partial charge in [0.05, 0.1) is 19.2 Å². The van der Waals surface area contributed by atoms with Crippen molar-refractivity contribution >= 4 is 13.2 Å². The summed E-state index contributed by atoms with van der Waals surface area (Å²) in [7, 11) is -0.180. The van der Waals surface area contributed by atoms with E-state index in [0.29, 0.717) is 0 Å². The molecule has 4 atom stereocenters. The maximum absolute atomic E-state index is 14.1. The van der Waals surface area contributed by atoms with Crippen molar-refractivity contribution in [3.8, 4) is 11.7 Å². The lowest BCUT2D eigenvalue weighted by atomic mass is 9.70. The number of carbonyl (C=O) groups excluding carboxylic acids is 1. The number of rotatable bonds is 6. The quantitative estimate of drug-likeness (QED) is 0.172. The summed E-state index contributed by atoms with van der Waals surface area (Å²) >= 11 is 0. The third kappa shape index (κ3) is 5.90. The predicted octanol–water partition coefficient (Wildman–Crippen LogP) is -0.229. The minimum absolute atomic E-state index is 0.180. The van der Waals surface area contributed by atoms with Crippen molar-refractivity contribution in [2.75, 3.05) is 19.9 Å². The second-order valence-electron chi connectivity index (χ2n) is 4.57. The number of nitrogens with zero attached hydrogens (tertiary/aromatic N) is 3. The first kappa shape index (κ1) is 20.1. The van der Waals surface area contributed by atoms with Gasteiger partial charge in [-0.15, -0.1) is 0 Å². The van der Waals surface area contributed by atoms with Gasteiger partial charge in [-0.05, 0) is 5.53 Å². The first-order valence-electron chi connectivity index (χ1n) is 6.64. The van der Waals surface area contributed by atoms with Gasteiger partial charge in [-0.1, -0.05) is 11.0 Å². The molecule has 0 aromatic rings. The molecule has 2 N–H and O–H groups in total. The Morgan fingerprint density at radius 1 is 1.54 bits per heavy atom. The number of carbonyl (C=O) groups is 1. The third-order valence-electron chi connectivity index (χ3n) is 2.98. The van der Waals surface area contributed by atoms with E-state index in [0.717, 1.165) is 0 Å². The maximum atomic E-state index is 14.1. The Morgan fingerprint density at radius 3 is 2.83 bits per heavy atom. The van der Waals surface area contributed by atoms with E-state index in [4.69, 9.17) is 20.1 Å². The van der Waals surface area contributed by atoms with Gasteiger partial charge in [0, 0.05) is 4.91 Å². The van der Waals surface area contributed by atoms with Gasteiger partial charge in [0.25, 0.3) is 0 Å². The minimum atomic E-state index is -4.99. The Bertz CT molecular complexity index is 546. The summed E-state index contributed by atoms with van der Waals surface area (Å²) in [6, 6.07) is -1.07. The zero-order valence-electron chi connectivity index (χ0n) is 12.2. The third-order valence-corrected chi connectivity index (χ3v) is 2.98. The molecule has 1 aliphatic heterocycles. The van der Waals surface area contributed by atoms with E-state index >= 15 is 0 Å². The van der Waals surface area contributed by atoms with Gasteiger partial charge < -0.3 is 19.9 Å². The lowest BCUT2D eigenvalue weighted by molar-refractivity contribution is -0.173. The Kier molecular flexibility index (Phi) is 7.80. The van der Waals surface area contributed by atoms with Crippen LogP contribution in [0.2, 0.25) is 0 Å². The van der Waals surface area contributed by atoms with Gasteiger partial charge in [-0.3, -0.25) is 4.79 Å². The molecule has 24 heavy (non-hydrogen) atoms. The number of hydrogen-bond donors (Lipinski definition) is 2. The van der Waals surface area contributed by atoms with Crippen molar-refractivity contribution in [2.24, 2.45) is 5.11 Å². The van der Waals surface area contributed by atoms with Crippen molar-refractivity contribution in [1.29, 1.82) is 0 Å². The Balaban J connectivity index is 2.47. The molecular formula is C11H13BF4N4O4. The first-order valence-corrected chi connectivity index (χ1v) is 6.64. The molecule has 0 bridgehead atoms. The number of hydrogen-bond acceptors (Lipinski definition) is 5. The summed E-state index contributed by atoms with van der Waals surface area (Å²) < 4.78 is 60.0. The molecule has 1 unspecified atom stereocenters. The molecule has 13 heteroatoms. The van der Waals surface area contributed by atoms with E-state index in [1.807, 2.05) is 0 Å². The molecule has 1 saturated heterocycles. The van der Waals surface area contributed by atoms with Gasteiger partial charge in [0.1, 0.15) is 25.1 Å². The van der Waals surface area contributed by atoms with Crippen LogP contribution in [0.1, 0.15) is 0 Å². The van der Waals surface area contributed by atoms with E-state index in [9.17, 15) is 22.4 Å². The fraction of sp³-hybridized carbons (Fsp3) is 0.727. The monoisotopic (exact) mass is 352 g/mol. The lowest BCUT2D eigenvalue weighted by Gasteiger charge is -2.16. The highest BCUT2D eigenvalue weighted by molar-refractivity contribution is 6.47. The zero-order valence-corrected chi connectivity index (χ0v) is 12.2. The van der Waals surface area contributed by atoms with Gasteiger partial charge >= 0.3 is 12.1 Å². The molecule has 0 aromatic heterocycles. The lowest BCUT2D eigenvalue weighted by Crippen LogP contribution is -2.37. The summed E-state index contributed by atoms with van der Waals surface area (Å²) in [4.78, 5) is 12.9. The number of amides is 1. The van der Waals surface area contributed by atoms with Gasteiger partial charge in [-0.25, -0.2) is 4.39 Å². The van der Waals surface area contributed by atoms with E-state index < -0.39 is 56.3 Å². The predicted molar refractivity (Wildman–Crippen MR) is 73.5 cm³/mol. The SMILES string of the molecule is [N-]=[N+]=NCOC1[C@@H](CO)O[C@@H](BC#CCNC(=O)C(F)(F)F)[C@H]1F. The Morgan fingerprint density at radius 2 is 2.25 bits per heavy atom. The normalized spacial score (nSPS) is 26.0. The number of azide groups is 1. The number of halogens is 4. The van der Waals surface area contributed by atoms with Crippen LogP contribution in [-0.2, 0) is 14.3 Å². The highest BCUT2D eigenvalue weighted by Crippen LogP contribution is 2.26. The second kappa shape index (κ2) is 9.34. The number of alkyl halides is 4.